The summed E-state index contributed by atoms with van der Waals surface area (Å²) in [6, 6.07) is 6.59. The van der Waals surface area contributed by atoms with Crippen LogP contribution in [0.15, 0.2) is 24.3 Å². The van der Waals surface area contributed by atoms with Crippen molar-refractivity contribution in [2.75, 3.05) is 0 Å². The Morgan fingerprint density at radius 2 is 1.76 bits per heavy atom. The lowest BCUT2D eigenvalue weighted by Gasteiger charge is -2.18. The predicted molar refractivity (Wildman–Crippen MR) is 93.0 cm³/mol. The molecule has 0 aliphatic rings. The van der Waals surface area contributed by atoms with E-state index >= 15 is 0 Å². The van der Waals surface area contributed by atoms with E-state index < -0.39 is 0 Å². The fourth-order valence-electron chi connectivity index (χ4n) is 2.45. The lowest BCUT2D eigenvalue weighted by atomic mass is 9.97. The molecule has 1 nitrogen and oxygen atoms in total. The smallest absolute Gasteiger partial charge is 0.123 e. The Kier molecular flexibility index (Phi) is 9.24. The molecule has 0 saturated heterocycles. The first kappa shape index (κ1) is 18.1. The molecule has 21 heavy (non-hydrogen) atoms. The summed E-state index contributed by atoms with van der Waals surface area (Å²) in [4.78, 5) is 0.956. The third-order valence-electron chi connectivity index (χ3n) is 3.90. The van der Waals surface area contributed by atoms with Crippen molar-refractivity contribution in [2.24, 2.45) is 5.92 Å². The van der Waals surface area contributed by atoms with Gasteiger partial charge in [-0.25, -0.2) is 4.39 Å². The van der Waals surface area contributed by atoms with Crippen LogP contribution in [0.5, 0.6) is 0 Å². The van der Waals surface area contributed by atoms with Crippen molar-refractivity contribution in [1.29, 1.82) is 0 Å². The highest BCUT2D eigenvalue weighted by molar-refractivity contribution is 7.80. The first-order valence-corrected chi connectivity index (χ1v) is 8.60. The lowest BCUT2D eigenvalue weighted by molar-refractivity contribution is 0.527. The van der Waals surface area contributed by atoms with Gasteiger partial charge < -0.3 is 5.32 Å². The van der Waals surface area contributed by atoms with E-state index in [2.05, 4.69) is 19.2 Å². The number of thiocarbonyl (C=S) groups is 1. The van der Waals surface area contributed by atoms with Crippen LogP contribution in [0.25, 0.3) is 0 Å². The summed E-state index contributed by atoms with van der Waals surface area (Å²) in [5, 5.41) is 3.33. The second kappa shape index (κ2) is 10.7. The number of hydrogen-bond donors (Lipinski definition) is 1. The maximum absolute atomic E-state index is 12.8. The Hall–Kier alpha value is -0.960. The van der Waals surface area contributed by atoms with E-state index in [1.807, 2.05) is 0 Å². The Bertz CT molecular complexity index is 402. The highest BCUT2D eigenvalue weighted by atomic mass is 32.1. The van der Waals surface area contributed by atoms with Crippen molar-refractivity contribution < 1.29 is 4.39 Å². The molecule has 0 aliphatic carbocycles. The number of nitrogens with one attached hydrogen (secondary N) is 1. The molecule has 3 heteroatoms. The molecular weight excluding hydrogens is 281 g/mol. The van der Waals surface area contributed by atoms with Crippen LogP contribution in [0.4, 0.5) is 4.39 Å². The maximum Gasteiger partial charge on any atom is 0.123 e. The fraction of sp³-hybridized carbons (Fsp3) is 0.611. The first-order chi connectivity index (χ1) is 10.2. The van der Waals surface area contributed by atoms with Crippen LogP contribution in [0.1, 0.15) is 64.4 Å². The molecule has 1 rings (SSSR count). The van der Waals surface area contributed by atoms with Crippen LogP contribution in [-0.4, -0.2) is 4.99 Å². The Balaban J connectivity index is 2.28. The van der Waals surface area contributed by atoms with Crippen LogP contribution >= 0.6 is 12.2 Å². The van der Waals surface area contributed by atoms with Gasteiger partial charge in [0, 0.05) is 12.5 Å². The molecule has 0 aromatic heterocycles. The summed E-state index contributed by atoms with van der Waals surface area (Å²) in [7, 11) is 0. The molecule has 0 aliphatic heterocycles. The highest BCUT2D eigenvalue weighted by Gasteiger charge is 2.11. The summed E-state index contributed by atoms with van der Waals surface area (Å²) in [5.74, 6) is 0.280. The van der Waals surface area contributed by atoms with Crippen LogP contribution in [-0.2, 0) is 6.54 Å². The Morgan fingerprint density at radius 1 is 1.10 bits per heavy atom. The van der Waals surface area contributed by atoms with E-state index in [0.717, 1.165) is 17.0 Å². The van der Waals surface area contributed by atoms with Crippen molar-refractivity contribution in [1.82, 2.24) is 5.32 Å². The zero-order valence-corrected chi connectivity index (χ0v) is 14.1. The van der Waals surface area contributed by atoms with Crippen molar-refractivity contribution in [3.05, 3.63) is 35.6 Å². The number of halogens is 1. The van der Waals surface area contributed by atoms with Gasteiger partial charge in [0.25, 0.3) is 0 Å². The zero-order valence-electron chi connectivity index (χ0n) is 13.3. The molecule has 1 aromatic carbocycles. The van der Waals surface area contributed by atoms with Gasteiger partial charge in [0.1, 0.15) is 5.82 Å². The molecule has 0 saturated carbocycles. The largest absolute Gasteiger partial charge is 0.375 e. The number of rotatable bonds is 10. The molecule has 0 fully saturated rings. The third kappa shape index (κ3) is 7.56. The standard InChI is InChI=1S/C18H28FNS/c1-3-5-6-7-8-9-16(4-2)18(21)20-14-15-10-12-17(19)13-11-15/h10-13,16H,3-9,14H2,1-2H3,(H,20,21). The second-order valence-electron chi connectivity index (χ2n) is 5.65. The van der Waals surface area contributed by atoms with Crippen molar-refractivity contribution in [3.8, 4) is 0 Å². The predicted octanol–water partition coefficient (Wildman–Crippen LogP) is 5.63. The average molecular weight is 309 g/mol. The number of unbranched alkanes of at least 4 members (excludes halogenated alkanes) is 4. The van der Waals surface area contributed by atoms with Gasteiger partial charge in [0.2, 0.25) is 0 Å². The molecule has 0 radical (unpaired) electrons. The Labute approximate surface area is 134 Å². The minimum absolute atomic E-state index is 0.195. The van der Waals surface area contributed by atoms with Crippen molar-refractivity contribution >= 4 is 17.2 Å². The van der Waals surface area contributed by atoms with Crippen LogP contribution in [0.3, 0.4) is 0 Å². The van der Waals surface area contributed by atoms with E-state index in [1.165, 1.54) is 50.7 Å². The second-order valence-corrected chi connectivity index (χ2v) is 6.09. The molecule has 1 aromatic rings. The molecule has 1 atom stereocenters. The van der Waals surface area contributed by atoms with E-state index in [1.54, 1.807) is 12.1 Å². The van der Waals surface area contributed by atoms with Crippen molar-refractivity contribution in [3.63, 3.8) is 0 Å². The summed E-state index contributed by atoms with van der Waals surface area (Å²) >= 11 is 5.52. The van der Waals surface area contributed by atoms with Crippen LogP contribution < -0.4 is 5.32 Å². The van der Waals surface area contributed by atoms with E-state index in [0.29, 0.717) is 12.5 Å². The summed E-state index contributed by atoms with van der Waals surface area (Å²) < 4.78 is 12.8. The molecule has 0 spiro atoms. The minimum Gasteiger partial charge on any atom is -0.375 e. The van der Waals surface area contributed by atoms with Crippen molar-refractivity contribution in [2.45, 2.75) is 65.3 Å². The molecule has 0 bridgehead atoms. The van der Waals surface area contributed by atoms with Crippen LogP contribution in [0.2, 0.25) is 0 Å². The quantitative estimate of drug-likeness (QED) is 0.444. The summed E-state index contributed by atoms with van der Waals surface area (Å²) in [6.45, 7) is 5.12. The minimum atomic E-state index is -0.195. The van der Waals surface area contributed by atoms with E-state index in [-0.39, 0.29) is 5.82 Å². The number of hydrogen-bond acceptors (Lipinski definition) is 1. The van der Waals surface area contributed by atoms with Crippen LogP contribution in [0, 0.1) is 11.7 Å². The Morgan fingerprint density at radius 3 is 2.38 bits per heavy atom. The van der Waals surface area contributed by atoms with Gasteiger partial charge >= 0.3 is 0 Å². The lowest BCUT2D eigenvalue weighted by Crippen LogP contribution is -2.28. The average Bonchev–Trinajstić information content (AvgIpc) is 2.50. The van der Waals surface area contributed by atoms with Gasteiger partial charge in [0.05, 0.1) is 4.99 Å². The number of benzene rings is 1. The topological polar surface area (TPSA) is 12.0 Å². The zero-order chi connectivity index (χ0) is 15.5. The van der Waals surface area contributed by atoms with Gasteiger partial charge in [-0.15, -0.1) is 0 Å². The summed E-state index contributed by atoms with van der Waals surface area (Å²) in [5.41, 5.74) is 1.07. The highest BCUT2D eigenvalue weighted by Crippen LogP contribution is 2.16. The summed E-state index contributed by atoms with van der Waals surface area (Å²) in [6.07, 6.45) is 8.79. The van der Waals surface area contributed by atoms with Gasteiger partial charge in [0.15, 0.2) is 0 Å². The fourth-order valence-corrected chi connectivity index (χ4v) is 2.81. The van der Waals surface area contributed by atoms with Gasteiger partial charge in [-0.1, -0.05) is 70.3 Å². The van der Waals surface area contributed by atoms with Gasteiger partial charge in [-0.05, 0) is 30.5 Å². The molecule has 0 amide bonds. The van der Waals surface area contributed by atoms with Gasteiger partial charge in [-0.3, -0.25) is 0 Å². The molecule has 1 unspecified atom stereocenters. The monoisotopic (exact) mass is 309 g/mol. The first-order valence-electron chi connectivity index (χ1n) is 8.19. The SMILES string of the molecule is CCCCCCCC(CC)C(=S)NCc1ccc(F)cc1. The molecule has 118 valence electrons. The van der Waals surface area contributed by atoms with E-state index in [4.69, 9.17) is 12.2 Å². The molecule has 0 heterocycles. The maximum atomic E-state index is 12.8. The molecule has 1 N–H and O–H groups in total. The molecular formula is C18H28FNS. The third-order valence-corrected chi connectivity index (χ3v) is 4.38. The normalized spacial score (nSPS) is 12.1. The van der Waals surface area contributed by atoms with Gasteiger partial charge in [-0.2, -0.15) is 0 Å². The van der Waals surface area contributed by atoms with E-state index in [9.17, 15) is 4.39 Å².